The number of rotatable bonds is 4. The fraction of sp³-hybridized carbons (Fsp3) is 0.650. The molecule has 1 saturated heterocycles. The van der Waals surface area contributed by atoms with Crippen molar-refractivity contribution in [2.45, 2.75) is 64.5 Å². The van der Waals surface area contributed by atoms with Crippen molar-refractivity contribution in [2.24, 2.45) is 0 Å². The smallest absolute Gasteiger partial charge is 0.223 e. The molecule has 1 aromatic carbocycles. The van der Waals surface area contributed by atoms with Gasteiger partial charge in [0.1, 0.15) is 0 Å². The fourth-order valence-corrected chi connectivity index (χ4v) is 4.10. The lowest BCUT2D eigenvalue weighted by Crippen LogP contribution is -2.38. The number of hydrogen-bond donors (Lipinski definition) is 1. The van der Waals surface area contributed by atoms with Gasteiger partial charge < -0.3 is 14.9 Å². The van der Waals surface area contributed by atoms with Crippen molar-refractivity contribution < 1.29 is 9.90 Å². The Balaban J connectivity index is 1.65. The molecule has 2 unspecified atom stereocenters. The first-order valence-electron chi connectivity index (χ1n) is 9.39. The summed E-state index contributed by atoms with van der Waals surface area (Å²) in [5, 5.41) is 10.6. The Morgan fingerprint density at radius 1 is 1.29 bits per heavy atom. The lowest BCUT2D eigenvalue weighted by Gasteiger charge is -2.34. The molecule has 132 valence electrons. The predicted octanol–water partition coefficient (Wildman–Crippen LogP) is 3.28. The van der Waals surface area contributed by atoms with E-state index in [1.54, 1.807) is 6.92 Å². The van der Waals surface area contributed by atoms with Crippen molar-refractivity contribution >= 4 is 11.6 Å². The number of carbonyl (C=O) groups is 1. The molecule has 2 aliphatic rings. The molecule has 2 atom stereocenters. The first-order valence-corrected chi connectivity index (χ1v) is 9.39. The highest BCUT2D eigenvalue weighted by Gasteiger charge is 2.22. The van der Waals surface area contributed by atoms with Crippen LogP contribution in [0.15, 0.2) is 18.2 Å². The number of hydrogen-bond acceptors (Lipinski definition) is 3. The van der Waals surface area contributed by atoms with Crippen molar-refractivity contribution in [2.75, 3.05) is 24.5 Å². The highest BCUT2D eigenvalue weighted by atomic mass is 16.3. The summed E-state index contributed by atoms with van der Waals surface area (Å²) in [7, 11) is 0. The summed E-state index contributed by atoms with van der Waals surface area (Å²) >= 11 is 0. The molecule has 0 aliphatic carbocycles. The third-order valence-corrected chi connectivity index (χ3v) is 5.62. The number of carbonyl (C=O) groups excluding carboxylic acids is 1. The van der Waals surface area contributed by atoms with Gasteiger partial charge in [-0.3, -0.25) is 4.79 Å². The third-order valence-electron chi connectivity index (χ3n) is 5.62. The van der Waals surface area contributed by atoms with E-state index in [1.165, 1.54) is 24.8 Å². The van der Waals surface area contributed by atoms with Crippen LogP contribution in [0.2, 0.25) is 0 Å². The Bertz CT molecular complexity index is 587. The Morgan fingerprint density at radius 2 is 2.12 bits per heavy atom. The van der Waals surface area contributed by atoms with Crippen LogP contribution in [0.5, 0.6) is 0 Å². The molecule has 24 heavy (non-hydrogen) atoms. The van der Waals surface area contributed by atoms with Crippen LogP contribution < -0.4 is 4.90 Å². The number of likely N-dealkylation sites (tertiary alicyclic amines) is 1. The van der Waals surface area contributed by atoms with Crippen molar-refractivity contribution in [1.29, 1.82) is 0 Å². The third kappa shape index (κ3) is 3.81. The number of aliphatic hydroxyl groups excluding tert-OH is 1. The number of benzene rings is 1. The monoisotopic (exact) mass is 330 g/mol. The molecule has 1 fully saturated rings. The van der Waals surface area contributed by atoms with Crippen LogP contribution in [0.4, 0.5) is 5.69 Å². The largest absolute Gasteiger partial charge is 0.388 e. The lowest BCUT2D eigenvalue weighted by molar-refractivity contribution is -0.116. The average Bonchev–Trinajstić information content (AvgIpc) is 2.59. The normalized spacial score (nSPS) is 23.0. The molecule has 0 radical (unpaired) electrons. The summed E-state index contributed by atoms with van der Waals surface area (Å²) in [5.74, 6) is 0.100. The summed E-state index contributed by atoms with van der Waals surface area (Å²) in [5.41, 5.74) is 3.21. The molecule has 4 heteroatoms. The van der Waals surface area contributed by atoms with Crippen LogP contribution in [0, 0.1) is 0 Å². The van der Waals surface area contributed by atoms with E-state index in [-0.39, 0.29) is 5.91 Å². The van der Waals surface area contributed by atoms with E-state index in [0.29, 0.717) is 6.04 Å². The van der Waals surface area contributed by atoms with E-state index < -0.39 is 6.10 Å². The predicted molar refractivity (Wildman–Crippen MR) is 97.3 cm³/mol. The Hall–Kier alpha value is -1.39. The SMILES string of the molecule is CC(=O)N1CCCc2cc(C(O)CCN3CCCCC3C)ccc21. The van der Waals surface area contributed by atoms with Crippen LogP contribution in [0.3, 0.4) is 0 Å². The highest BCUT2D eigenvalue weighted by molar-refractivity contribution is 5.92. The number of anilines is 1. The van der Waals surface area contributed by atoms with E-state index in [0.717, 1.165) is 50.1 Å². The number of fused-ring (bicyclic) bond motifs is 1. The minimum Gasteiger partial charge on any atom is -0.388 e. The van der Waals surface area contributed by atoms with Crippen molar-refractivity contribution in [3.05, 3.63) is 29.3 Å². The second-order valence-electron chi connectivity index (χ2n) is 7.35. The van der Waals surface area contributed by atoms with E-state index >= 15 is 0 Å². The number of piperidine rings is 1. The zero-order chi connectivity index (χ0) is 17.1. The van der Waals surface area contributed by atoms with Crippen molar-refractivity contribution in [3.8, 4) is 0 Å². The summed E-state index contributed by atoms with van der Waals surface area (Å²) in [6.45, 7) is 6.83. The van der Waals surface area contributed by atoms with E-state index in [9.17, 15) is 9.90 Å². The number of amides is 1. The molecule has 1 N–H and O–H groups in total. The van der Waals surface area contributed by atoms with Crippen LogP contribution >= 0.6 is 0 Å². The van der Waals surface area contributed by atoms with Gasteiger partial charge in [-0.1, -0.05) is 18.6 Å². The average molecular weight is 330 g/mol. The minimum atomic E-state index is -0.419. The number of nitrogens with zero attached hydrogens (tertiary/aromatic N) is 2. The van der Waals surface area contributed by atoms with E-state index in [2.05, 4.69) is 17.9 Å². The maximum Gasteiger partial charge on any atom is 0.223 e. The zero-order valence-electron chi connectivity index (χ0n) is 15.0. The lowest BCUT2D eigenvalue weighted by atomic mass is 9.96. The number of aryl methyl sites for hydroxylation is 1. The van der Waals surface area contributed by atoms with Crippen LogP contribution in [0.1, 0.15) is 63.2 Å². The minimum absolute atomic E-state index is 0.100. The molecular weight excluding hydrogens is 300 g/mol. The van der Waals surface area contributed by atoms with Crippen LogP contribution in [-0.2, 0) is 11.2 Å². The Kier molecular flexibility index (Phi) is 5.57. The standard InChI is InChI=1S/C20H30N2O2/c1-15-6-3-4-11-21(15)13-10-20(24)18-8-9-19-17(14-18)7-5-12-22(19)16(2)23/h8-9,14-15,20,24H,3-7,10-13H2,1-2H3. The van der Waals surface area contributed by atoms with Gasteiger partial charge in [0.15, 0.2) is 0 Å². The van der Waals surface area contributed by atoms with E-state index in [1.807, 2.05) is 17.0 Å². The van der Waals surface area contributed by atoms with Crippen LogP contribution in [0.25, 0.3) is 0 Å². The maximum atomic E-state index is 11.8. The van der Waals surface area contributed by atoms with Gasteiger partial charge in [-0.25, -0.2) is 0 Å². The highest BCUT2D eigenvalue weighted by Crippen LogP contribution is 2.31. The van der Waals surface area contributed by atoms with Gasteiger partial charge in [-0.2, -0.15) is 0 Å². The van der Waals surface area contributed by atoms with Crippen molar-refractivity contribution in [1.82, 2.24) is 4.90 Å². The summed E-state index contributed by atoms with van der Waals surface area (Å²) < 4.78 is 0. The molecule has 3 rings (SSSR count). The second-order valence-corrected chi connectivity index (χ2v) is 7.35. The first-order chi connectivity index (χ1) is 11.6. The molecular formula is C20H30N2O2. The van der Waals surface area contributed by atoms with Crippen molar-refractivity contribution in [3.63, 3.8) is 0 Å². The van der Waals surface area contributed by atoms with E-state index in [4.69, 9.17) is 0 Å². The molecule has 0 saturated carbocycles. The van der Waals surface area contributed by atoms with Gasteiger partial charge in [-0.05, 0) is 62.8 Å². The molecule has 1 amide bonds. The maximum absolute atomic E-state index is 11.8. The zero-order valence-corrected chi connectivity index (χ0v) is 15.0. The molecule has 2 aliphatic heterocycles. The van der Waals surface area contributed by atoms with Gasteiger partial charge >= 0.3 is 0 Å². The second kappa shape index (κ2) is 7.66. The summed E-state index contributed by atoms with van der Waals surface area (Å²) in [6, 6.07) is 6.75. The molecule has 2 heterocycles. The quantitative estimate of drug-likeness (QED) is 0.921. The van der Waals surface area contributed by atoms with Gasteiger partial charge in [0.05, 0.1) is 6.10 Å². The molecule has 0 aromatic heterocycles. The Labute approximate surface area is 145 Å². The first kappa shape index (κ1) is 17.4. The summed E-state index contributed by atoms with van der Waals surface area (Å²) in [6.07, 6.45) is 6.23. The Morgan fingerprint density at radius 3 is 2.88 bits per heavy atom. The molecule has 4 nitrogen and oxygen atoms in total. The molecule has 0 spiro atoms. The molecule has 0 bridgehead atoms. The van der Waals surface area contributed by atoms with Gasteiger partial charge in [0.25, 0.3) is 0 Å². The fourth-order valence-electron chi connectivity index (χ4n) is 4.10. The molecule has 1 aromatic rings. The van der Waals surface area contributed by atoms with Gasteiger partial charge in [0.2, 0.25) is 5.91 Å². The summed E-state index contributed by atoms with van der Waals surface area (Å²) in [4.78, 5) is 16.1. The van der Waals surface area contributed by atoms with Gasteiger partial charge in [0, 0.05) is 31.7 Å². The van der Waals surface area contributed by atoms with Crippen LogP contribution in [-0.4, -0.2) is 41.6 Å². The van der Waals surface area contributed by atoms with Gasteiger partial charge in [-0.15, -0.1) is 0 Å². The number of aliphatic hydroxyl groups is 1. The topological polar surface area (TPSA) is 43.8 Å².